The molecule has 0 bridgehead atoms. The fourth-order valence-electron chi connectivity index (χ4n) is 2.70. The van der Waals surface area contributed by atoms with Gasteiger partial charge in [0.2, 0.25) is 0 Å². The van der Waals surface area contributed by atoms with Gasteiger partial charge in [0.05, 0.1) is 13.2 Å². The molecule has 1 rings (SSSR count). The third-order valence-corrected chi connectivity index (χ3v) is 3.81. The standard InChI is InChI=1S/C17H30N2O2/c1-7-19(14(3)11-18(4)5)12-16(20)15-10-13(2)8-9-17(15)21-6/h8-10,14,16,20H,7,11-12H2,1-6H3. The van der Waals surface area contributed by atoms with E-state index in [4.69, 9.17) is 4.74 Å². The number of benzene rings is 1. The summed E-state index contributed by atoms with van der Waals surface area (Å²) < 4.78 is 5.37. The maximum Gasteiger partial charge on any atom is 0.124 e. The maximum atomic E-state index is 10.6. The van der Waals surface area contributed by atoms with Gasteiger partial charge < -0.3 is 14.7 Å². The molecule has 0 saturated heterocycles. The van der Waals surface area contributed by atoms with Gasteiger partial charge in [0.15, 0.2) is 0 Å². The van der Waals surface area contributed by atoms with Gasteiger partial charge in [-0.15, -0.1) is 0 Å². The molecule has 0 saturated carbocycles. The van der Waals surface area contributed by atoms with Crippen molar-refractivity contribution in [3.63, 3.8) is 0 Å². The van der Waals surface area contributed by atoms with Crippen LogP contribution in [0.3, 0.4) is 0 Å². The van der Waals surface area contributed by atoms with E-state index >= 15 is 0 Å². The zero-order valence-corrected chi connectivity index (χ0v) is 14.3. The third kappa shape index (κ3) is 5.30. The second-order valence-corrected chi connectivity index (χ2v) is 5.96. The first-order valence-corrected chi connectivity index (χ1v) is 7.60. The summed E-state index contributed by atoms with van der Waals surface area (Å²) in [6, 6.07) is 6.33. The molecule has 0 radical (unpaired) electrons. The van der Waals surface area contributed by atoms with Crippen LogP contribution in [0.5, 0.6) is 5.75 Å². The number of aliphatic hydroxyl groups excluding tert-OH is 1. The van der Waals surface area contributed by atoms with Crippen LogP contribution in [0, 0.1) is 6.92 Å². The highest BCUT2D eigenvalue weighted by Gasteiger charge is 2.20. The fraction of sp³-hybridized carbons (Fsp3) is 0.647. The van der Waals surface area contributed by atoms with E-state index in [0.29, 0.717) is 12.6 Å². The van der Waals surface area contributed by atoms with Gasteiger partial charge in [-0.05, 0) is 46.6 Å². The van der Waals surface area contributed by atoms with E-state index in [0.717, 1.165) is 30.0 Å². The van der Waals surface area contributed by atoms with Gasteiger partial charge in [0.1, 0.15) is 5.75 Å². The minimum Gasteiger partial charge on any atom is -0.496 e. The van der Waals surface area contributed by atoms with Gasteiger partial charge in [-0.1, -0.05) is 18.6 Å². The Morgan fingerprint density at radius 2 is 1.90 bits per heavy atom. The van der Waals surface area contributed by atoms with Gasteiger partial charge in [-0.2, -0.15) is 0 Å². The Morgan fingerprint density at radius 1 is 1.24 bits per heavy atom. The Balaban J connectivity index is 2.82. The van der Waals surface area contributed by atoms with E-state index in [2.05, 4.69) is 37.7 Å². The van der Waals surface area contributed by atoms with Crippen LogP contribution in [0.25, 0.3) is 0 Å². The smallest absolute Gasteiger partial charge is 0.124 e. The molecule has 21 heavy (non-hydrogen) atoms. The number of hydrogen-bond donors (Lipinski definition) is 1. The van der Waals surface area contributed by atoms with E-state index < -0.39 is 6.10 Å². The molecule has 120 valence electrons. The minimum atomic E-state index is -0.538. The summed E-state index contributed by atoms with van der Waals surface area (Å²) in [5.41, 5.74) is 2.00. The summed E-state index contributed by atoms with van der Waals surface area (Å²) in [5.74, 6) is 0.754. The topological polar surface area (TPSA) is 35.9 Å². The molecule has 1 aromatic rings. The minimum absolute atomic E-state index is 0.399. The van der Waals surface area contributed by atoms with E-state index in [1.807, 2.05) is 25.1 Å². The second-order valence-electron chi connectivity index (χ2n) is 5.96. The van der Waals surface area contributed by atoms with Crippen LogP contribution in [0.4, 0.5) is 0 Å². The highest BCUT2D eigenvalue weighted by atomic mass is 16.5. The largest absolute Gasteiger partial charge is 0.496 e. The molecule has 0 aromatic heterocycles. The Bertz CT molecular complexity index is 435. The Kier molecular flexibility index (Phi) is 7.15. The Morgan fingerprint density at radius 3 is 2.43 bits per heavy atom. The molecule has 0 spiro atoms. The van der Waals surface area contributed by atoms with Crippen LogP contribution in [0.15, 0.2) is 18.2 Å². The summed E-state index contributed by atoms with van der Waals surface area (Å²) in [7, 11) is 5.79. The zero-order chi connectivity index (χ0) is 16.0. The summed E-state index contributed by atoms with van der Waals surface area (Å²) in [6.45, 7) is 8.87. The first-order valence-electron chi connectivity index (χ1n) is 7.60. The number of aryl methyl sites for hydroxylation is 1. The summed E-state index contributed by atoms with van der Waals surface area (Å²) in [5, 5.41) is 10.6. The van der Waals surface area contributed by atoms with Crippen molar-refractivity contribution in [2.45, 2.75) is 32.9 Å². The van der Waals surface area contributed by atoms with Crippen LogP contribution in [0.2, 0.25) is 0 Å². The second kappa shape index (κ2) is 8.37. The molecular formula is C17H30N2O2. The summed E-state index contributed by atoms with van der Waals surface area (Å²) >= 11 is 0. The first-order chi connectivity index (χ1) is 9.88. The van der Waals surface area contributed by atoms with Crippen LogP contribution < -0.4 is 4.74 Å². The average molecular weight is 294 g/mol. The van der Waals surface area contributed by atoms with Crippen LogP contribution in [-0.2, 0) is 0 Å². The van der Waals surface area contributed by atoms with Gasteiger partial charge in [-0.25, -0.2) is 0 Å². The van der Waals surface area contributed by atoms with Gasteiger partial charge in [-0.3, -0.25) is 4.90 Å². The lowest BCUT2D eigenvalue weighted by Gasteiger charge is -2.32. The van der Waals surface area contributed by atoms with Crippen LogP contribution in [0.1, 0.15) is 31.1 Å². The Labute approximate surface area is 129 Å². The predicted octanol–water partition coefficient (Wildman–Crippen LogP) is 2.31. The van der Waals surface area contributed by atoms with Crippen LogP contribution >= 0.6 is 0 Å². The van der Waals surface area contributed by atoms with Gasteiger partial charge in [0.25, 0.3) is 0 Å². The molecule has 0 amide bonds. The predicted molar refractivity (Wildman–Crippen MR) is 88.0 cm³/mol. The normalized spacial score (nSPS) is 14.5. The number of ether oxygens (including phenoxy) is 1. The highest BCUT2D eigenvalue weighted by Crippen LogP contribution is 2.27. The van der Waals surface area contributed by atoms with Crippen molar-refractivity contribution >= 4 is 0 Å². The van der Waals surface area contributed by atoms with E-state index in [9.17, 15) is 5.11 Å². The SMILES string of the molecule is CCN(CC(O)c1cc(C)ccc1OC)C(C)CN(C)C. The first kappa shape index (κ1) is 18.0. The lowest BCUT2D eigenvalue weighted by Crippen LogP contribution is -2.42. The van der Waals surface area contributed by atoms with Crippen molar-refractivity contribution in [3.8, 4) is 5.75 Å². The Hall–Kier alpha value is -1.10. The fourth-order valence-corrected chi connectivity index (χ4v) is 2.70. The molecule has 0 aliphatic rings. The maximum absolute atomic E-state index is 10.6. The molecular weight excluding hydrogens is 264 g/mol. The van der Waals surface area contributed by atoms with Crippen molar-refractivity contribution in [3.05, 3.63) is 29.3 Å². The number of nitrogens with zero attached hydrogens (tertiary/aromatic N) is 2. The molecule has 2 atom stereocenters. The van der Waals surface area contributed by atoms with Gasteiger partial charge >= 0.3 is 0 Å². The average Bonchev–Trinajstić information content (AvgIpc) is 2.43. The molecule has 0 heterocycles. The molecule has 0 aliphatic heterocycles. The van der Waals surface area contributed by atoms with Crippen molar-refractivity contribution in [1.82, 2.24) is 9.80 Å². The van der Waals surface area contributed by atoms with Crippen molar-refractivity contribution in [2.75, 3.05) is 40.8 Å². The number of rotatable bonds is 8. The lowest BCUT2D eigenvalue weighted by atomic mass is 10.0. The number of aliphatic hydroxyl groups is 1. The van der Waals surface area contributed by atoms with Gasteiger partial charge in [0, 0.05) is 24.7 Å². The van der Waals surface area contributed by atoms with E-state index in [-0.39, 0.29) is 0 Å². The monoisotopic (exact) mass is 294 g/mol. The summed E-state index contributed by atoms with van der Waals surface area (Å²) in [4.78, 5) is 4.47. The third-order valence-electron chi connectivity index (χ3n) is 3.81. The van der Waals surface area contributed by atoms with Crippen LogP contribution in [-0.4, -0.2) is 61.8 Å². The number of methoxy groups -OCH3 is 1. The molecule has 4 heteroatoms. The highest BCUT2D eigenvalue weighted by molar-refractivity contribution is 5.38. The molecule has 1 aromatic carbocycles. The zero-order valence-electron chi connectivity index (χ0n) is 14.3. The molecule has 2 unspecified atom stereocenters. The van der Waals surface area contributed by atoms with E-state index in [1.54, 1.807) is 7.11 Å². The molecule has 4 nitrogen and oxygen atoms in total. The van der Waals surface area contributed by atoms with Crippen molar-refractivity contribution < 1.29 is 9.84 Å². The lowest BCUT2D eigenvalue weighted by molar-refractivity contribution is 0.0842. The van der Waals surface area contributed by atoms with E-state index in [1.165, 1.54) is 0 Å². The summed E-state index contributed by atoms with van der Waals surface area (Å²) in [6.07, 6.45) is -0.538. The molecule has 0 aliphatic carbocycles. The molecule has 1 N–H and O–H groups in total. The molecule has 0 fully saturated rings. The number of hydrogen-bond acceptors (Lipinski definition) is 4. The van der Waals surface area contributed by atoms with Crippen molar-refractivity contribution in [2.24, 2.45) is 0 Å². The number of likely N-dealkylation sites (N-methyl/N-ethyl adjacent to an activating group) is 2. The quantitative estimate of drug-likeness (QED) is 0.798. The van der Waals surface area contributed by atoms with Crippen molar-refractivity contribution in [1.29, 1.82) is 0 Å².